The number of ether oxygens (including phenoxy) is 1. The Kier molecular flexibility index (Phi) is 7.35. The van der Waals surface area contributed by atoms with Crippen LogP contribution in [0.4, 0.5) is 0 Å². The minimum absolute atomic E-state index is 0.114. The largest absolute Gasteiger partial charge is 0.493 e. The maximum Gasteiger partial charge on any atom is 0.233 e. The number of para-hydroxylation sites is 1. The second-order valence-corrected chi connectivity index (χ2v) is 4.33. The van der Waals surface area contributed by atoms with Crippen LogP contribution < -0.4 is 16.0 Å². The molecule has 0 heterocycles. The number of benzene rings is 1. The fraction of sp³-hybridized carbons (Fsp3) is 0.400. The summed E-state index contributed by atoms with van der Waals surface area (Å²) in [5, 5.41) is 0. The summed E-state index contributed by atoms with van der Waals surface area (Å²) in [6.07, 6.45) is 5.88. The molecule has 4 nitrogen and oxygen atoms in total. The van der Waals surface area contributed by atoms with Gasteiger partial charge in [0.05, 0.1) is 6.61 Å². The molecule has 104 valence electrons. The van der Waals surface area contributed by atoms with Crippen LogP contribution in [0.25, 0.3) is 0 Å². The molecule has 0 bridgehead atoms. The summed E-state index contributed by atoms with van der Waals surface area (Å²) >= 11 is 0. The molecule has 0 aliphatic carbocycles. The molecular weight excluding hydrogens is 240 g/mol. The third-order valence-corrected chi connectivity index (χ3v) is 2.80. The second kappa shape index (κ2) is 9.16. The molecule has 0 saturated carbocycles. The predicted molar refractivity (Wildman–Crippen MR) is 76.6 cm³/mol. The molecule has 0 saturated heterocycles. The van der Waals surface area contributed by atoms with Gasteiger partial charge in [-0.2, -0.15) is 0 Å². The molecule has 0 atom stereocenters. The average molecular weight is 262 g/mol. The van der Waals surface area contributed by atoms with Crippen LogP contribution in [-0.2, 0) is 11.2 Å². The quantitative estimate of drug-likeness (QED) is 0.236. The van der Waals surface area contributed by atoms with Crippen LogP contribution in [-0.4, -0.2) is 12.5 Å². The summed E-state index contributed by atoms with van der Waals surface area (Å²) in [5.74, 6) is 5.81. The Morgan fingerprint density at radius 3 is 2.84 bits per heavy atom. The molecular formula is C15H22N2O2. The molecule has 0 aliphatic heterocycles. The topological polar surface area (TPSA) is 64.3 Å². The minimum Gasteiger partial charge on any atom is -0.493 e. The van der Waals surface area contributed by atoms with E-state index in [9.17, 15) is 4.79 Å². The highest BCUT2D eigenvalue weighted by molar-refractivity contribution is 5.75. The van der Waals surface area contributed by atoms with Gasteiger partial charge in [-0.25, -0.2) is 5.84 Å². The molecule has 0 unspecified atom stereocenters. The van der Waals surface area contributed by atoms with E-state index in [0.29, 0.717) is 13.0 Å². The third-order valence-electron chi connectivity index (χ3n) is 2.80. The Balaban J connectivity index is 2.22. The number of carbonyl (C=O) groups excluding carboxylic acids is 1. The van der Waals surface area contributed by atoms with E-state index in [0.717, 1.165) is 37.0 Å². The third kappa shape index (κ3) is 6.06. The predicted octanol–water partition coefficient (Wildman–Crippen LogP) is 2.34. The molecule has 1 aromatic carbocycles. The Hall–Kier alpha value is -1.81. The maximum absolute atomic E-state index is 10.9. The SMILES string of the molecule is C=CCc1ccccc1OCCCCCC(=O)NN. The lowest BCUT2D eigenvalue weighted by Crippen LogP contribution is -2.29. The minimum atomic E-state index is -0.114. The van der Waals surface area contributed by atoms with Crippen molar-refractivity contribution in [1.29, 1.82) is 0 Å². The van der Waals surface area contributed by atoms with Crippen molar-refractivity contribution in [2.75, 3.05) is 6.61 Å². The number of amides is 1. The van der Waals surface area contributed by atoms with Gasteiger partial charge in [-0.3, -0.25) is 10.2 Å². The van der Waals surface area contributed by atoms with E-state index in [1.54, 1.807) is 0 Å². The molecule has 4 heteroatoms. The highest BCUT2D eigenvalue weighted by Crippen LogP contribution is 2.19. The number of hydrazine groups is 1. The standard InChI is InChI=1S/C15H22N2O2/c1-2-8-13-9-5-6-10-14(13)19-12-7-3-4-11-15(18)17-16/h2,5-6,9-10H,1,3-4,7-8,11-12,16H2,(H,17,18). The average Bonchev–Trinajstić information content (AvgIpc) is 2.44. The number of rotatable bonds is 9. The molecule has 19 heavy (non-hydrogen) atoms. The molecule has 0 fully saturated rings. The lowest BCUT2D eigenvalue weighted by molar-refractivity contribution is -0.121. The van der Waals surface area contributed by atoms with Crippen molar-refractivity contribution in [2.45, 2.75) is 32.1 Å². The van der Waals surface area contributed by atoms with E-state index in [2.05, 4.69) is 12.0 Å². The van der Waals surface area contributed by atoms with Gasteiger partial charge in [0.15, 0.2) is 0 Å². The van der Waals surface area contributed by atoms with E-state index < -0.39 is 0 Å². The van der Waals surface area contributed by atoms with Gasteiger partial charge in [-0.05, 0) is 37.3 Å². The van der Waals surface area contributed by atoms with Crippen molar-refractivity contribution in [1.82, 2.24) is 5.43 Å². The van der Waals surface area contributed by atoms with Crippen molar-refractivity contribution in [2.24, 2.45) is 5.84 Å². The van der Waals surface area contributed by atoms with Crippen molar-refractivity contribution in [3.63, 3.8) is 0 Å². The van der Waals surface area contributed by atoms with E-state index in [1.807, 2.05) is 30.3 Å². The molecule has 0 spiro atoms. The lowest BCUT2D eigenvalue weighted by atomic mass is 10.1. The molecule has 0 aromatic heterocycles. The number of unbranched alkanes of at least 4 members (excludes halogenated alkanes) is 2. The van der Waals surface area contributed by atoms with Gasteiger partial charge in [0, 0.05) is 6.42 Å². The van der Waals surface area contributed by atoms with Crippen LogP contribution in [0.5, 0.6) is 5.75 Å². The maximum atomic E-state index is 10.9. The number of hydrogen-bond acceptors (Lipinski definition) is 3. The fourth-order valence-corrected chi connectivity index (χ4v) is 1.79. The Morgan fingerprint density at radius 2 is 2.11 bits per heavy atom. The van der Waals surface area contributed by atoms with Crippen LogP contribution in [0.3, 0.4) is 0 Å². The molecule has 1 rings (SSSR count). The van der Waals surface area contributed by atoms with Crippen LogP contribution in [0, 0.1) is 0 Å². The summed E-state index contributed by atoms with van der Waals surface area (Å²) in [7, 11) is 0. The van der Waals surface area contributed by atoms with Gasteiger partial charge in [0.1, 0.15) is 5.75 Å². The number of nitrogens with one attached hydrogen (secondary N) is 1. The first-order valence-electron chi connectivity index (χ1n) is 6.59. The first kappa shape index (κ1) is 15.2. The van der Waals surface area contributed by atoms with Crippen LogP contribution in [0.15, 0.2) is 36.9 Å². The Bertz CT molecular complexity index is 405. The zero-order valence-electron chi connectivity index (χ0n) is 11.2. The summed E-state index contributed by atoms with van der Waals surface area (Å²) in [6, 6.07) is 7.98. The number of hydrogen-bond donors (Lipinski definition) is 2. The normalized spacial score (nSPS) is 9.95. The molecule has 1 aromatic rings. The summed E-state index contributed by atoms with van der Waals surface area (Å²) in [6.45, 7) is 4.40. The van der Waals surface area contributed by atoms with Crippen LogP contribution in [0.1, 0.15) is 31.2 Å². The zero-order valence-corrected chi connectivity index (χ0v) is 11.2. The van der Waals surface area contributed by atoms with Gasteiger partial charge in [0.25, 0.3) is 0 Å². The van der Waals surface area contributed by atoms with E-state index >= 15 is 0 Å². The van der Waals surface area contributed by atoms with Crippen LogP contribution in [0.2, 0.25) is 0 Å². The van der Waals surface area contributed by atoms with Crippen molar-refractivity contribution >= 4 is 5.91 Å². The smallest absolute Gasteiger partial charge is 0.233 e. The highest BCUT2D eigenvalue weighted by Gasteiger charge is 2.01. The Labute approximate surface area is 114 Å². The van der Waals surface area contributed by atoms with Gasteiger partial charge in [0.2, 0.25) is 5.91 Å². The van der Waals surface area contributed by atoms with Crippen molar-refractivity contribution < 1.29 is 9.53 Å². The number of nitrogens with two attached hydrogens (primary N) is 1. The first-order valence-corrected chi connectivity index (χ1v) is 6.59. The van der Waals surface area contributed by atoms with Crippen molar-refractivity contribution in [3.8, 4) is 5.75 Å². The highest BCUT2D eigenvalue weighted by atomic mass is 16.5. The summed E-state index contributed by atoms with van der Waals surface area (Å²) in [4.78, 5) is 10.9. The van der Waals surface area contributed by atoms with Crippen LogP contribution >= 0.6 is 0 Å². The lowest BCUT2D eigenvalue weighted by Gasteiger charge is -2.10. The van der Waals surface area contributed by atoms with Crippen molar-refractivity contribution in [3.05, 3.63) is 42.5 Å². The summed E-state index contributed by atoms with van der Waals surface area (Å²) < 4.78 is 5.75. The number of allylic oxidation sites excluding steroid dienone is 1. The molecule has 0 radical (unpaired) electrons. The second-order valence-electron chi connectivity index (χ2n) is 4.33. The fourth-order valence-electron chi connectivity index (χ4n) is 1.79. The van der Waals surface area contributed by atoms with E-state index in [1.165, 1.54) is 0 Å². The monoisotopic (exact) mass is 262 g/mol. The van der Waals surface area contributed by atoms with E-state index in [4.69, 9.17) is 10.6 Å². The van der Waals surface area contributed by atoms with E-state index in [-0.39, 0.29) is 5.91 Å². The first-order chi connectivity index (χ1) is 9.27. The van der Waals surface area contributed by atoms with Gasteiger partial charge in [-0.1, -0.05) is 24.3 Å². The molecule has 0 aliphatic rings. The summed E-state index contributed by atoms with van der Waals surface area (Å²) in [5.41, 5.74) is 3.28. The Morgan fingerprint density at radius 1 is 1.32 bits per heavy atom. The number of carbonyl (C=O) groups is 1. The van der Waals surface area contributed by atoms with Gasteiger partial charge >= 0.3 is 0 Å². The molecule has 1 amide bonds. The van der Waals surface area contributed by atoms with Gasteiger partial charge < -0.3 is 4.74 Å². The van der Waals surface area contributed by atoms with Gasteiger partial charge in [-0.15, -0.1) is 6.58 Å². The molecule has 3 N–H and O–H groups in total. The zero-order chi connectivity index (χ0) is 13.9.